The number of nitrogens with one attached hydrogen (secondary N) is 2. The molecule has 0 bridgehead atoms. The van der Waals surface area contributed by atoms with E-state index in [-0.39, 0.29) is 5.41 Å². The van der Waals surface area contributed by atoms with Gasteiger partial charge in [-0.3, -0.25) is 0 Å². The highest BCUT2D eigenvalue weighted by atomic mass is 16.5. The third kappa shape index (κ3) is 5.59. The van der Waals surface area contributed by atoms with Gasteiger partial charge in [-0.1, -0.05) is 40.0 Å². The van der Waals surface area contributed by atoms with Gasteiger partial charge in [0.1, 0.15) is 0 Å². The Hall–Kier alpha value is -1.59. The van der Waals surface area contributed by atoms with E-state index < -0.39 is 0 Å². The smallest absolute Gasteiger partial charge is 0.322 e. The largest absolute Gasteiger partial charge is 0.467 e. The zero-order valence-electron chi connectivity index (χ0n) is 13.3. The van der Waals surface area contributed by atoms with Crippen LogP contribution in [0.15, 0.2) is 0 Å². The summed E-state index contributed by atoms with van der Waals surface area (Å²) in [5.41, 5.74) is 0.217. The molecule has 0 fully saturated rings. The molecule has 0 unspecified atom stereocenters. The maximum Gasteiger partial charge on any atom is 0.322 e. The second-order valence-corrected chi connectivity index (χ2v) is 5.69. The summed E-state index contributed by atoms with van der Waals surface area (Å²) in [5, 5.41) is 6.18. The van der Waals surface area contributed by atoms with Gasteiger partial charge in [-0.2, -0.15) is 15.0 Å². The number of hydrogen-bond acceptors (Lipinski definition) is 6. The average molecular weight is 281 g/mol. The van der Waals surface area contributed by atoms with E-state index in [0.717, 1.165) is 6.54 Å². The van der Waals surface area contributed by atoms with Crippen molar-refractivity contribution in [3.8, 4) is 6.01 Å². The molecule has 0 radical (unpaired) electrons. The van der Waals surface area contributed by atoms with E-state index in [1.54, 1.807) is 14.2 Å². The number of hydrogen-bond donors (Lipinski definition) is 2. The molecule has 1 heterocycles. The van der Waals surface area contributed by atoms with Crippen LogP contribution in [0.4, 0.5) is 11.9 Å². The van der Waals surface area contributed by atoms with Crippen LogP contribution >= 0.6 is 0 Å². The first-order valence-corrected chi connectivity index (χ1v) is 7.22. The molecular formula is C14H27N5O. The van der Waals surface area contributed by atoms with Crippen LogP contribution in [0.1, 0.15) is 46.5 Å². The number of aromatic nitrogens is 3. The topological polar surface area (TPSA) is 72.0 Å². The molecule has 20 heavy (non-hydrogen) atoms. The third-order valence-electron chi connectivity index (χ3n) is 3.20. The van der Waals surface area contributed by atoms with Crippen LogP contribution in [-0.4, -0.2) is 35.7 Å². The summed E-state index contributed by atoms with van der Waals surface area (Å²) >= 11 is 0. The highest BCUT2D eigenvalue weighted by Gasteiger charge is 2.18. The molecule has 0 aliphatic rings. The highest BCUT2D eigenvalue weighted by Crippen LogP contribution is 2.24. The minimum absolute atomic E-state index is 0.217. The van der Waals surface area contributed by atoms with E-state index >= 15 is 0 Å². The van der Waals surface area contributed by atoms with Crippen LogP contribution in [-0.2, 0) is 0 Å². The molecule has 1 aromatic rings. The number of methoxy groups -OCH3 is 1. The Balaban J connectivity index is 2.59. The minimum atomic E-state index is 0.217. The van der Waals surface area contributed by atoms with Gasteiger partial charge in [0, 0.05) is 13.6 Å². The fraction of sp³-hybridized carbons (Fsp3) is 0.786. The SMILES string of the molecule is CCCCCC(C)(C)CNc1nc(NC)nc(OC)n1. The van der Waals surface area contributed by atoms with E-state index in [9.17, 15) is 0 Å². The van der Waals surface area contributed by atoms with Crippen molar-refractivity contribution in [3.05, 3.63) is 0 Å². The lowest BCUT2D eigenvalue weighted by molar-refractivity contribution is 0.341. The molecule has 6 heteroatoms. The normalized spacial score (nSPS) is 11.2. The van der Waals surface area contributed by atoms with Crippen molar-refractivity contribution in [2.75, 3.05) is 31.3 Å². The summed E-state index contributed by atoms with van der Waals surface area (Å²) in [7, 11) is 3.32. The van der Waals surface area contributed by atoms with E-state index in [2.05, 4.69) is 46.4 Å². The lowest BCUT2D eigenvalue weighted by Crippen LogP contribution is -2.24. The number of anilines is 2. The number of nitrogens with zero attached hydrogens (tertiary/aromatic N) is 3. The average Bonchev–Trinajstić information content (AvgIpc) is 2.45. The van der Waals surface area contributed by atoms with Gasteiger partial charge in [0.15, 0.2) is 0 Å². The Morgan fingerprint density at radius 3 is 2.40 bits per heavy atom. The van der Waals surface area contributed by atoms with E-state index in [4.69, 9.17) is 4.74 Å². The zero-order chi connectivity index (χ0) is 15.0. The van der Waals surface area contributed by atoms with Gasteiger partial charge in [-0.25, -0.2) is 0 Å². The minimum Gasteiger partial charge on any atom is -0.467 e. The Kier molecular flexibility index (Phi) is 6.48. The van der Waals surface area contributed by atoms with Gasteiger partial charge in [-0.15, -0.1) is 0 Å². The maximum absolute atomic E-state index is 5.07. The summed E-state index contributed by atoms with van der Waals surface area (Å²) in [5.74, 6) is 1.05. The Morgan fingerprint density at radius 2 is 1.80 bits per heavy atom. The first kappa shape index (κ1) is 16.5. The van der Waals surface area contributed by atoms with Crippen molar-refractivity contribution >= 4 is 11.9 Å². The van der Waals surface area contributed by atoms with Gasteiger partial charge in [-0.05, 0) is 11.8 Å². The van der Waals surface area contributed by atoms with Crippen molar-refractivity contribution < 1.29 is 4.74 Å². The van der Waals surface area contributed by atoms with Crippen molar-refractivity contribution in [1.82, 2.24) is 15.0 Å². The summed E-state index contributed by atoms with van der Waals surface area (Å²) in [6.07, 6.45) is 4.98. The van der Waals surface area contributed by atoms with Gasteiger partial charge in [0.2, 0.25) is 11.9 Å². The quantitative estimate of drug-likeness (QED) is 0.678. The van der Waals surface area contributed by atoms with Gasteiger partial charge >= 0.3 is 6.01 Å². The fourth-order valence-electron chi connectivity index (χ4n) is 1.90. The molecule has 6 nitrogen and oxygen atoms in total. The third-order valence-corrected chi connectivity index (χ3v) is 3.20. The first-order valence-electron chi connectivity index (χ1n) is 7.22. The fourth-order valence-corrected chi connectivity index (χ4v) is 1.90. The Morgan fingerprint density at radius 1 is 1.10 bits per heavy atom. The molecular weight excluding hydrogens is 254 g/mol. The molecule has 114 valence electrons. The predicted octanol–water partition coefficient (Wildman–Crippen LogP) is 2.94. The number of unbranched alkanes of at least 4 members (excludes halogenated alkanes) is 2. The second-order valence-electron chi connectivity index (χ2n) is 5.69. The van der Waals surface area contributed by atoms with E-state index in [1.165, 1.54) is 25.7 Å². The monoisotopic (exact) mass is 281 g/mol. The summed E-state index contributed by atoms with van der Waals surface area (Å²) in [6, 6.07) is 0.315. The lowest BCUT2D eigenvalue weighted by atomic mass is 9.87. The summed E-state index contributed by atoms with van der Waals surface area (Å²) < 4.78 is 5.07. The first-order chi connectivity index (χ1) is 9.50. The Labute approximate surface area is 121 Å². The van der Waals surface area contributed by atoms with Crippen molar-refractivity contribution in [2.24, 2.45) is 5.41 Å². The van der Waals surface area contributed by atoms with Crippen LogP contribution in [0.25, 0.3) is 0 Å². The number of ether oxygens (including phenoxy) is 1. The molecule has 0 spiro atoms. The van der Waals surface area contributed by atoms with Gasteiger partial charge < -0.3 is 15.4 Å². The highest BCUT2D eigenvalue weighted by molar-refractivity contribution is 5.35. The van der Waals surface area contributed by atoms with Crippen LogP contribution < -0.4 is 15.4 Å². The second kappa shape index (κ2) is 7.87. The zero-order valence-corrected chi connectivity index (χ0v) is 13.3. The summed E-state index contributed by atoms with van der Waals surface area (Å²) in [6.45, 7) is 7.56. The van der Waals surface area contributed by atoms with Crippen LogP contribution in [0, 0.1) is 5.41 Å². The molecule has 0 saturated carbocycles. The van der Waals surface area contributed by atoms with Crippen LogP contribution in [0.5, 0.6) is 6.01 Å². The van der Waals surface area contributed by atoms with E-state index in [1.807, 2.05) is 0 Å². The van der Waals surface area contributed by atoms with E-state index in [0.29, 0.717) is 17.9 Å². The molecule has 0 aromatic carbocycles. The van der Waals surface area contributed by atoms with Crippen molar-refractivity contribution in [3.63, 3.8) is 0 Å². The van der Waals surface area contributed by atoms with Crippen molar-refractivity contribution in [1.29, 1.82) is 0 Å². The molecule has 2 N–H and O–H groups in total. The predicted molar refractivity (Wildman–Crippen MR) is 82.3 cm³/mol. The molecule has 1 rings (SSSR count). The molecule has 0 aliphatic carbocycles. The van der Waals surface area contributed by atoms with Crippen molar-refractivity contribution in [2.45, 2.75) is 46.5 Å². The van der Waals surface area contributed by atoms with Crippen LogP contribution in [0.3, 0.4) is 0 Å². The lowest BCUT2D eigenvalue weighted by Gasteiger charge is -2.25. The molecule has 0 aliphatic heterocycles. The van der Waals surface area contributed by atoms with Gasteiger partial charge in [0.05, 0.1) is 7.11 Å². The molecule has 0 amide bonds. The van der Waals surface area contributed by atoms with Gasteiger partial charge in [0.25, 0.3) is 0 Å². The molecule has 0 atom stereocenters. The number of rotatable bonds is 9. The standard InChI is InChI=1S/C14H27N5O/c1-6-7-8-9-14(2,3)10-16-12-17-11(15-4)18-13(19-12)20-5/h6-10H2,1-5H3,(H2,15,16,17,18,19). The Bertz CT molecular complexity index is 386. The van der Waals surface area contributed by atoms with Crippen LogP contribution in [0.2, 0.25) is 0 Å². The maximum atomic E-state index is 5.07. The molecule has 1 aromatic heterocycles. The summed E-state index contributed by atoms with van der Waals surface area (Å²) in [4.78, 5) is 12.6. The molecule has 0 saturated heterocycles.